The van der Waals surface area contributed by atoms with Gasteiger partial charge in [0.2, 0.25) is 0 Å². The fourth-order valence-corrected chi connectivity index (χ4v) is 3.41. The molecule has 1 fully saturated rings. The van der Waals surface area contributed by atoms with Gasteiger partial charge in [0.25, 0.3) is 0 Å². The van der Waals surface area contributed by atoms with E-state index in [0.717, 1.165) is 69.4 Å². The standard InChI is InChI=1S/C20H28FN5/c1-3-9-25(10-4-2)19-15-20(23-16-22-19)26-13-11-24(12-14-26)18-7-5-17(21)6-8-18/h5-8,15-16H,3-4,9-14H2,1-2H3. The molecule has 0 aliphatic carbocycles. The molecular weight excluding hydrogens is 329 g/mol. The monoisotopic (exact) mass is 357 g/mol. The number of hydrogen-bond acceptors (Lipinski definition) is 5. The van der Waals surface area contributed by atoms with E-state index in [1.165, 1.54) is 12.1 Å². The van der Waals surface area contributed by atoms with Crippen LogP contribution in [-0.4, -0.2) is 49.2 Å². The van der Waals surface area contributed by atoms with Gasteiger partial charge in [0.1, 0.15) is 23.8 Å². The van der Waals surface area contributed by atoms with E-state index in [1.54, 1.807) is 6.33 Å². The summed E-state index contributed by atoms with van der Waals surface area (Å²) in [6, 6.07) is 8.85. The highest BCUT2D eigenvalue weighted by Gasteiger charge is 2.19. The molecule has 2 aromatic rings. The Morgan fingerprint density at radius 2 is 1.54 bits per heavy atom. The van der Waals surface area contributed by atoms with Crippen molar-refractivity contribution in [3.05, 3.63) is 42.5 Å². The number of benzene rings is 1. The topological polar surface area (TPSA) is 35.5 Å². The van der Waals surface area contributed by atoms with Gasteiger partial charge in [-0.1, -0.05) is 13.8 Å². The number of nitrogens with zero attached hydrogens (tertiary/aromatic N) is 5. The quantitative estimate of drug-likeness (QED) is 0.757. The lowest BCUT2D eigenvalue weighted by atomic mass is 10.2. The summed E-state index contributed by atoms with van der Waals surface area (Å²) >= 11 is 0. The van der Waals surface area contributed by atoms with Crippen molar-refractivity contribution in [2.24, 2.45) is 0 Å². The summed E-state index contributed by atoms with van der Waals surface area (Å²) in [5.41, 5.74) is 1.08. The van der Waals surface area contributed by atoms with Crippen molar-refractivity contribution in [3.63, 3.8) is 0 Å². The molecule has 0 saturated carbocycles. The molecule has 0 N–H and O–H groups in total. The van der Waals surface area contributed by atoms with Crippen molar-refractivity contribution in [1.82, 2.24) is 9.97 Å². The second-order valence-corrected chi connectivity index (χ2v) is 6.67. The van der Waals surface area contributed by atoms with E-state index in [1.807, 2.05) is 12.1 Å². The molecule has 0 radical (unpaired) electrons. The Balaban J connectivity index is 1.65. The van der Waals surface area contributed by atoms with Crippen LogP contribution in [0.15, 0.2) is 36.7 Å². The second-order valence-electron chi connectivity index (χ2n) is 6.67. The fraction of sp³-hybridized carbons (Fsp3) is 0.500. The molecule has 5 nitrogen and oxygen atoms in total. The molecule has 0 atom stereocenters. The largest absolute Gasteiger partial charge is 0.368 e. The number of rotatable bonds is 7. The highest BCUT2D eigenvalue weighted by molar-refractivity contribution is 5.53. The van der Waals surface area contributed by atoms with Crippen molar-refractivity contribution < 1.29 is 4.39 Å². The zero-order valence-corrected chi connectivity index (χ0v) is 15.7. The first kappa shape index (κ1) is 18.4. The smallest absolute Gasteiger partial charge is 0.134 e. The zero-order valence-electron chi connectivity index (χ0n) is 15.7. The van der Waals surface area contributed by atoms with Crippen LogP contribution in [0.25, 0.3) is 0 Å². The van der Waals surface area contributed by atoms with Crippen LogP contribution in [0.4, 0.5) is 21.7 Å². The third-order valence-corrected chi connectivity index (χ3v) is 4.74. The molecule has 0 amide bonds. The number of piperazine rings is 1. The third kappa shape index (κ3) is 4.42. The minimum atomic E-state index is -0.190. The Kier molecular flexibility index (Phi) is 6.26. The fourth-order valence-electron chi connectivity index (χ4n) is 3.41. The predicted molar refractivity (Wildman–Crippen MR) is 106 cm³/mol. The number of halogens is 1. The summed E-state index contributed by atoms with van der Waals surface area (Å²) in [7, 11) is 0. The molecule has 1 aliphatic rings. The average Bonchev–Trinajstić information content (AvgIpc) is 2.69. The lowest BCUT2D eigenvalue weighted by Gasteiger charge is -2.37. The number of aromatic nitrogens is 2. The maximum absolute atomic E-state index is 13.1. The van der Waals surface area contributed by atoms with Crippen LogP contribution in [0.3, 0.4) is 0 Å². The first-order valence-electron chi connectivity index (χ1n) is 9.53. The molecule has 140 valence electrons. The van der Waals surface area contributed by atoms with E-state index >= 15 is 0 Å². The lowest BCUT2D eigenvalue weighted by molar-refractivity contribution is 0.624. The highest BCUT2D eigenvalue weighted by atomic mass is 19.1. The molecule has 0 spiro atoms. The molecule has 26 heavy (non-hydrogen) atoms. The molecular formula is C20H28FN5. The van der Waals surface area contributed by atoms with Gasteiger partial charge in [-0.05, 0) is 37.1 Å². The maximum atomic E-state index is 13.1. The molecule has 1 aromatic heterocycles. The predicted octanol–water partition coefficient (Wildman–Crippen LogP) is 3.57. The summed E-state index contributed by atoms with van der Waals surface area (Å²) in [4.78, 5) is 15.9. The van der Waals surface area contributed by atoms with E-state index in [-0.39, 0.29) is 5.82 Å². The minimum absolute atomic E-state index is 0.190. The highest BCUT2D eigenvalue weighted by Crippen LogP contribution is 2.22. The zero-order chi connectivity index (χ0) is 18.4. The van der Waals surface area contributed by atoms with Crippen molar-refractivity contribution in [1.29, 1.82) is 0 Å². The van der Waals surface area contributed by atoms with Gasteiger partial charge in [-0.15, -0.1) is 0 Å². The summed E-state index contributed by atoms with van der Waals surface area (Å²) in [5, 5.41) is 0. The summed E-state index contributed by atoms with van der Waals surface area (Å²) < 4.78 is 13.1. The Labute approximate surface area is 155 Å². The first-order valence-corrected chi connectivity index (χ1v) is 9.53. The van der Waals surface area contributed by atoms with Gasteiger partial charge in [0, 0.05) is 51.0 Å². The number of anilines is 3. The van der Waals surface area contributed by atoms with E-state index in [0.29, 0.717) is 0 Å². The van der Waals surface area contributed by atoms with E-state index in [2.05, 4.69) is 44.6 Å². The van der Waals surface area contributed by atoms with Gasteiger partial charge in [-0.2, -0.15) is 0 Å². The van der Waals surface area contributed by atoms with Gasteiger partial charge in [-0.3, -0.25) is 0 Å². The Morgan fingerprint density at radius 1 is 0.923 bits per heavy atom. The summed E-state index contributed by atoms with van der Waals surface area (Å²) in [5.74, 6) is 1.82. The molecule has 0 bridgehead atoms. The number of hydrogen-bond donors (Lipinski definition) is 0. The Morgan fingerprint density at radius 3 is 2.15 bits per heavy atom. The van der Waals surface area contributed by atoms with Gasteiger partial charge < -0.3 is 14.7 Å². The SMILES string of the molecule is CCCN(CCC)c1cc(N2CCN(c3ccc(F)cc3)CC2)ncn1. The van der Waals surface area contributed by atoms with Crippen molar-refractivity contribution in [3.8, 4) is 0 Å². The molecule has 1 aliphatic heterocycles. The third-order valence-electron chi connectivity index (χ3n) is 4.74. The minimum Gasteiger partial charge on any atom is -0.368 e. The van der Waals surface area contributed by atoms with Crippen molar-refractivity contribution in [2.75, 3.05) is 54.0 Å². The van der Waals surface area contributed by atoms with Crippen LogP contribution in [-0.2, 0) is 0 Å². The van der Waals surface area contributed by atoms with Crippen LogP contribution < -0.4 is 14.7 Å². The second kappa shape index (κ2) is 8.83. The van der Waals surface area contributed by atoms with E-state index < -0.39 is 0 Å². The van der Waals surface area contributed by atoms with Gasteiger partial charge >= 0.3 is 0 Å². The van der Waals surface area contributed by atoms with Gasteiger partial charge in [-0.25, -0.2) is 14.4 Å². The molecule has 6 heteroatoms. The van der Waals surface area contributed by atoms with Gasteiger partial charge in [0.15, 0.2) is 0 Å². The summed E-state index contributed by atoms with van der Waals surface area (Å²) in [6.45, 7) is 10.0. The van der Waals surface area contributed by atoms with Crippen LogP contribution in [0.1, 0.15) is 26.7 Å². The Hall–Kier alpha value is -2.37. The van der Waals surface area contributed by atoms with Gasteiger partial charge in [0.05, 0.1) is 0 Å². The molecule has 0 unspecified atom stereocenters. The maximum Gasteiger partial charge on any atom is 0.134 e. The molecule has 2 heterocycles. The molecule has 3 rings (SSSR count). The van der Waals surface area contributed by atoms with Crippen LogP contribution >= 0.6 is 0 Å². The van der Waals surface area contributed by atoms with Crippen LogP contribution in [0.5, 0.6) is 0 Å². The molecule has 1 saturated heterocycles. The van der Waals surface area contributed by atoms with E-state index in [4.69, 9.17) is 0 Å². The normalized spacial score (nSPS) is 14.6. The van der Waals surface area contributed by atoms with Crippen molar-refractivity contribution >= 4 is 17.3 Å². The van der Waals surface area contributed by atoms with Crippen LogP contribution in [0, 0.1) is 5.82 Å². The Bertz CT molecular complexity index is 677. The van der Waals surface area contributed by atoms with Crippen LogP contribution in [0.2, 0.25) is 0 Å². The van der Waals surface area contributed by atoms with E-state index in [9.17, 15) is 4.39 Å². The lowest BCUT2D eigenvalue weighted by Crippen LogP contribution is -2.46. The average molecular weight is 357 g/mol. The first-order chi connectivity index (χ1) is 12.7. The summed E-state index contributed by atoms with van der Waals surface area (Å²) in [6.07, 6.45) is 3.89. The van der Waals surface area contributed by atoms with Crippen molar-refractivity contribution in [2.45, 2.75) is 26.7 Å². The molecule has 1 aromatic carbocycles.